The molecular weight excluding hydrogens is 360 g/mol. The van der Waals surface area contributed by atoms with Crippen LogP contribution in [0.3, 0.4) is 0 Å². The van der Waals surface area contributed by atoms with Crippen LogP contribution in [0, 0.1) is 0 Å². The molecule has 0 bridgehead atoms. The van der Waals surface area contributed by atoms with Crippen molar-refractivity contribution >= 4 is 11.5 Å². The molecule has 1 heterocycles. The summed E-state index contributed by atoms with van der Waals surface area (Å²) in [5.74, 6) is -0.135. The number of aromatic nitrogens is 2. The molecule has 1 aliphatic rings. The standard InChI is InChI=1S/C25H26N2O2/c1-2-29-24(28)16-8-12-20-11-6-14-22-18-26-27(25(20)22)23-15-7-13-21(17-23)19-9-4-3-5-10-19/h3-5,7,9-10,12-13,15,17-18H,2,6,8,11,14,16H2,1H3/b20-12+. The molecule has 0 fully saturated rings. The van der Waals surface area contributed by atoms with E-state index in [-0.39, 0.29) is 5.97 Å². The van der Waals surface area contributed by atoms with Gasteiger partial charge in [-0.1, -0.05) is 48.5 Å². The lowest BCUT2D eigenvalue weighted by molar-refractivity contribution is -0.142. The van der Waals surface area contributed by atoms with Crippen molar-refractivity contribution in [1.29, 1.82) is 0 Å². The molecule has 1 aromatic heterocycles. The summed E-state index contributed by atoms with van der Waals surface area (Å²) >= 11 is 0. The fourth-order valence-corrected chi connectivity index (χ4v) is 3.93. The Hall–Kier alpha value is -3.14. The quantitative estimate of drug-likeness (QED) is 0.518. The van der Waals surface area contributed by atoms with Crippen molar-refractivity contribution in [2.75, 3.05) is 6.61 Å². The first-order valence-corrected chi connectivity index (χ1v) is 10.3. The molecule has 0 spiro atoms. The van der Waals surface area contributed by atoms with Gasteiger partial charge in [0.15, 0.2) is 0 Å². The van der Waals surface area contributed by atoms with Gasteiger partial charge in [-0.25, -0.2) is 4.68 Å². The first kappa shape index (κ1) is 19.2. The van der Waals surface area contributed by atoms with E-state index in [4.69, 9.17) is 9.84 Å². The van der Waals surface area contributed by atoms with Gasteiger partial charge in [0.1, 0.15) is 0 Å². The van der Waals surface area contributed by atoms with Gasteiger partial charge in [-0.15, -0.1) is 0 Å². The molecule has 0 N–H and O–H groups in total. The molecule has 4 nitrogen and oxygen atoms in total. The first-order chi connectivity index (χ1) is 14.3. The van der Waals surface area contributed by atoms with Crippen LogP contribution in [0.2, 0.25) is 0 Å². The second-order valence-corrected chi connectivity index (χ2v) is 7.27. The highest BCUT2D eigenvalue weighted by Crippen LogP contribution is 2.33. The highest BCUT2D eigenvalue weighted by atomic mass is 16.5. The van der Waals surface area contributed by atoms with Crippen LogP contribution in [0.25, 0.3) is 22.4 Å². The van der Waals surface area contributed by atoms with Crippen molar-refractivity contribution in [2.24, 2.45) is 0 Å². The molecule has 4 heteroatoms. The molecule has 29 heavy (non-hydrogen) atoms. The zero-order chi connectivity index (χ0) is 20.1. The molecule has 0 saturated heterocycles. The minimum atomic E-state index is -0.135. The molecule has 3 aromatic rings. The summed E-state index contributed by atoms with van der Waals surface area (Å²) in [6.07, 6.45) is 8.47. The van der Waals surface area contributed by atoms with E-state index >= 15 is 0 Å². The Morgan fingerprint density at radius 2 is 1.93 bits per heavy atom. The molecule has 0 aliphatic heterocycles. The predicted molar refractivity (Wildman–Crippen MR) is 116 cm³/mol. The third kappa shape index (κ3) is 4.32. The third-order valence-corrected chi connectivity index (χ3v) is 5.28. The van der Waals surface area contributed by atoms with E-state index in [0.717, 1.165) is 24.9 Å². The van der Waals surface area contributed by atoms with Gasteiger partial charge in [0.05, 0.1) is 24.2 Å². The Labute approximate surface area is 171 Å². The lowest BCUT2D eigenvalue weighted by Gasteiger charge is -2.18. The minimum absolute atomic E-state index is 0.135. The SMILES string of the molecule is CCOC(=O)CC/C=C1\CCCc2cnn(-c3cccc(-c4ccccc4)c3)c21. The van der Waals surface area contributed by atoms with Crippen LogP contribution in [0.15, 0.2) is 66.9 Å². The molecule has 2 aromatic carbocycles. The summed E-state index contributed by atoms with van der Waals surface area (Å²) in [6, 6.07) is 18.9. The number of fused-ring (bicyclic) bond motifs is 1. The van der Waals surface area contributed by atoms with Gasteiger partial charge in [0.25, 0.3) is 0 Å². The van der Waals surface area contributed by atoms with E-state index in [2.05, 4.69) is 59.3 Å². The van der Waals surface area contributed by atoms with Crippen molar-refractivity contribution in [2.45, 2.75) is 39.0 Å². The van der Waals surface area contributed by atoms with Gasteiger partial charge in [0.2, 0.25) is 0 Å². The largest absolute Gasteiger partial charge is 0.466 e. The van der Waals surface area contributed by atoms with Gasteiger partial charge in [-0.2, -0.15) is 5.10 Å². The summed E-state index contributed by atoms with van der Waals surface area (Å²) < 4.78 is 7.10. The van der Waals surface area contributed by atoms with Crippen molar-refractivity contribution in [3.8, 4) is 16.8 Å². The number of allylic oxidation sites excluding steroid dienone is 2. The number of hydrogen-bond acceptors (Lipinski definition) is 3. The topological polar surface area (TPSA) is 44.1 Å². The maximum Gasteiger partial charge on any atom is 0.306 e. The van der Waals surface area contributed by atoms with Crippen molar-refractivity contribution < 1.29 is 9.53 Å². The monoisotopic (exact) mass is 386 g/mol. The number of carbonyl (C=O) groups is 1. The lowest BCUT2D eigenvalue weighted by atomic mass is 9.92. The number of aryl methyl sites for hydroxylation is 1. The number of ether oxygens (including phenoxy) is 1. The lowest BCUT2D eigenvalue weighted by Crippen LogP contribution is -2.08. The van der Waals surface area contributed by atoms with Gasteiger partial charge in [-0.3, -0.25) is 4.79 Å². The van der Waals surface area contributed by atoms with Crippen LogP contribution < -0.4 is 0 Å². The van der Waals surface area contributed by atoms with E-state index in [9.17, 15) is 4.79 Å². The molecule has 0 saturated carbocycles. The fourth-order valence-electron chi connectivity index (χ4n) is 3.93. The zero-order valence-corrected chi connectivity index (χ0v) is 16.8. The molecule has 148 valence electrons. The normalized spacial score (nSPS) is 14.6. The van der Waals surface area contributed by atoms with Gasteiger partial charge in [0, 0.05) is 6.42 Å². The number of benzene rings is 2. The zero-order valence-electron chi connectivity index (χ0n) is 16.8. The van der Waals surface area contributed by atoms with Crippen LogP contribution in [0.4, 0.5) is 0 Å². The van der Waals surface area contributed by atoms with Crippen LogP contribution in [0.1, 0.15) is 43.9 Å². The van der Waals surface area contributed by atoms with Crippen LogP contribution >= 0.6 is 0 Å². The average molecular weight is 386 g/mol. The second-order valence-electron chi connectivity index (χ2n) is 7.27. The maximum absolute atomic E-state index is 11.7. The smallest absolute Gasteiger partial charge is 0.306 e. The van der Waals surface area contributed by atoms with E-state index in [1.165, 1.54) is 28.0 Å². The minimum Gasteiger partial charge on any atom is -0.466 e. The van der Waals surface area contributed by atoms with Crippen molar-refractivity contribution in [3.05, 3.63) is 78.1 Å². The molecule has 1 aliphatic carbocycles. The van der Waals surface area contributed by atoms with Gasteiger partial charge < -0.3 is 4.74 Å². The van der Waals surface area contributed by atoms with Crippen LogP contribution in [-0.4, -0.2) is 22.4 Å². The number of nitrogens with zero attached hydrogens (tertiary/aromatic N) is 2. The summed E-state index contributed by atoms with van der Waals surface area (Å²) in [5, 5.41) is 4.71. The van der Waals surface area contributed by atoms with E-state index in [0.29, 0.717) is 19.4 Å². The first-order valence-electron chi connectivity index (χ1n) is 10.3. The van der Waals surface area contributed by atoms with Gasteiger partial charge >= 0.3 is 5.97 Å². The third-order valence-electron chi connectivity index (χ3n) is 5.28. The number of hydrogen-bond donors (Lipinski definition) is 0. The van der Waals surface area contributed by atoms with Gasteiger partial charge in [-0.05, 0) is 67.0 Å². The number of rotatable bonds is 6. The average Bonchev–Trinajstić information content (AvgIpc) is 3.20. The molecule has 0 radical (unpaired) electrons. The van der Waals surface area contributed by atoms with Crippen molar-refractivity contribution in [1.82, 2.24) is 9.78 Å². The highest BCUT2D eigenvalue weighted by molar-refractivity contribution is 5.72. The summed E-state index contributed by atoms with van der Waals surface area (Å²) in [4.78, 5) is 11.7. The summed E-state index contributed by atoms with van der Waals surface area (Å²) in [6.45, 7) is 2.27. The molecular formula is C25H26N2O2. The fraction of sp³-hybridized carbons (Fsp3) is 0.280. The number of carbonyl (C=O) groups excluding carboxylic acids is 1. The predicted octanol–water partition coefficient (Wildman–Crippen LogP) is 5.60. The molecule has 0 unspecified atom stereocenters. The Bertz CT molecular complexity index is 1020. The van der Waals surface area contributed by atoms with E-state index < -0.39 is 0 Å². The van der Waals surface area contributed by atoms with E-state index in [1.807, 2.05) is 19.2 Å². The molecule has 4 rings (SSSR count). The van der Waals surface area contributed by atoms with E-state index in [1.54, 1.807) is 0 Å². The van der Waals surface area contributed by atoms with Crippen molar-refractivity contribution in [3.63, 3.8) is 0 Å². The number of esters is 1. The molecule has 0 amide bonds. The summed E-state index contributed by atoms with van der Waals surface area (Å²) in [5.41, 5.74) is 7.18. The Morgan fingerprint density at radius 3 is 2.76 bits per heavy atom. The Kier molecular flexibility index (Phi) is 5.89. The second kappa shape index (κ2) is 8.91. The summed E-state index contributed by atoms with van der Waals surface area (Å²) in [7, 11) is 0. The molecule has 0 atom stereocenters. The van der Waals surface area contributed by atoms with Crippen LogP contribution in [-0.2, 0) is 16.0 Å². The Balaban J connectivity index is 1.64. The van der Waals surface area contributed by atoms with Crippen LogP contribution in [0.5, 0.6) is 0 Å². The highest BCUT2D eigenvalue weighted by Gasteiger charge is 2.20. The maximum atomic E-state index is 11.7. The Morgan fingerprint density at radius 1 is 1.10 bits per heavy atom.